The van der Waals surface area contributed by atoms with Crippen LogP contribution in [0.25, 0.3) is 0 Å². The number of nitriles is 1. The fraction of sp³-hybridized carbons (Fsp3) is 0.208. The topological polar surface area (TPSA) is 93.5 Å². The van der Waals surface area contributed by atoms with Crippen LogP contribution in [0.5, 0.6) is 23.1 Å². The molecule has 0 aliphatic carbocycles. The number of nitrogens with zero attached hydrogens (tertiary/aromatic N) is 2. The summed E-state index contributed by atoms with van der Waals surface area (Å²) >= 11 is 3.46. The molecule has 1 aromatic heterocycles. The van der Waals surface area contributed by atoms with Crippen LogP contribution >= 0.6 is 15.9 Å². The molecule has 164 valence electrons. The highest BCUT2D eigenvalue weighted by molar-refractivity contribution is 9.10. The number of benzene rings is 2. The molecule has 0 atom stereocenters. The third kappa shape index (κ3) is 5.37. The van der Waals surface area contributed by atoms with Crippen LogP contribution in [-0.2, 0) is 0 Å². The molecule has 0 fully saturated rings. The van der Waals surface area contributed by atoms with Crippen LogP contribution in [0.1, 0.15) is 34.8 Å². The van der Waals surface area contributed by atoms with Crippen LogP contribution in [0.3, 0.4) is 0 Å². The van der Waals surface area contributed by atoms with Crippen LogP contribution < -0.4 is 19.5 Å². The Morgan fingerprint density at radius 1 is 1.25 bits per heavy atom. The number of carbonyl (C=O) groups excluding carboxylic acids is 1. The van der Waals surface area contributed by atoms with Crippen LogP contribution in [0.4, 0.5) is 5.69 Å². The molecule has 1 heterocycles. The number of halogens is 1. The van der Waals surface area contributed by atoms with Gasteiger partial charge in [-0.15, -0.1) is 0 Å². The maximum Gasteiger partial charge on any atom is 0.255 e. The molecule has 0 aliphatic heterocycles. The van der Waals surface area contributed by atoms with Gasteiger partial charge in [0.2, 0.25) is 5.88 Å². The van der Waals surface area contributed by atoms with Crippen molar-refractivity contribution in [3.8, 4) is 29.2 Å². The van der Waals surface area contributed by atoms with Crippen molar-refractivity contribution in [2.75, 3.05) is 19.0 Å². The van der Waals surface area contributed by atoms with Gasteiger partial charge >= 0.3 is 0 Å². The van der Waals surface area contributed by atoms with E-state index in [1.54, 1.807) is 48.7 Å². The first-order valence-corrected chi connectivity index (χ1v) is 10.7. The first-order chi connectivity index (χ1) is 15.5. The number of anilines is 1. The summed E-state index contributed by atoms with van der Waals surface area (Å²) in [7, 11) is 1.53. The lowest BCUT2D eigenvalue weighted by molar-refractivity contribution is 0.102. The molecule has 0 saturated heterocycles. The van der Waals surface area contributed by atoms with E-state index in [0.717, 1.165) is 12.0 Å². The van der Waals surface area contributed by atoms with E-state index in [1.165, 1.54) is 7.11 Å². The number of hydrogen-bond acceptors (Lipinski definition) is 6. The maximum atomic E-state index is 12.9. The zero-order valence-electron chi connectivity index (χ0n) is 17.9. The van der Waals surface area contributed by atoms with Crippen LogP contribution in [0, 0.1) is 18.3 Å². The number of aromatic nitrogens is 1. The number of pyridine rings is 1. The molecule has 0 saturated carbocycles. The molecular weight excluding hydrogens is 474 g/mol. The average Bonchev–Trinajstić information content (AvgIpc) is 2.79. The number of nitrogens with one attached hydrogen (secondary N) is 1. The summed E-state index contributed by atoms with van der Waals surface area (Å²) in [4.78, 5) is 17.0. The van der Waals surface area contributed by atoms with E-state index < -0.39 is 0 Å². The van der Waals surface area contributed by atoms with Crippen LogP contribution in [0.2, 0.25) is 0 Å². The number of rotatable bonds is 8. The SMILES string of the molecule is CCCOc1c(Br)cc(C(=O)Nc2ccc(Oc3ncccc3C#N)cc2C)cc1OC. The minimum absolute atomic E-state index is 0.230. The van der Waals surface area contributed by atoms with E-state index in [2.05, 4.69) is 26.2 Å². The molecule has 0 bridgehead atoms. The van der Waals surface area contributed by atoms with Crippen molar-refractivity contribution in [1.82, 2.24) is 4.98 Å². The van der Waals surface area contributed by atoms with Crippen molar-refractivity contribution >= 4 is 27.5 Å². The summed E-state index contributed by atoms with van der Waals surface area (Å²) < 4.78 is 17.5. The number of amides is 1. The van der Waals surface area contributed by atoms with E-state index in [4.69, 9.17) is 14.2 Å². The van der Waals surface area contributed by atoms with Crippen molar-refractivity contribution in [1.29, 1.82) is 5.26 Å². The zero-order valence-corrected chi connectivity index (χ0v) is 19.5. The fourth-order valence-corrected chi connectivity index (χ4v) is 3.45. The number of ether oxygens (including phenoxy) is 3. The molecule has 1 N–H and O–H groups in total. The zero-order chi connectivity index (χ0) is 23.1. The Hall–Kier alpha value is -3.57. The Balaban J connectivity index is 1.78. The second kappa shape index (κ2) is 10.6. The van der Waals surface area contributed by atoms with Crippen molar-refractivity contribution < 1.29 is 19.0 Å². The van der Waals surface area contributed by atoms with Gasteiger partial charge < -0.3 is 19.5 Å². The summed E-state index contributed by atoms with van der Waals surface area (Å²) in [5.41, 5.74) is 2.18. The Labute approximate surface area is 195 Å². The van der Waals surface area contributed by atoms with E-state index in [9.17, 15) is 10.1 Å². The van der Waals surface area contributed by atoms with Crippen molar-refractivity contribution in [3.05, 3.63) is 69.8 Å². The van der Waals surface area contributed by atoms with Gasteiger partial charge in [0.05, 0.1) is 18.2 Å². The largest absolute Gasteiger partial charge is 0.493 e. The lowest BCUT2D eigenvalue weighted by Gasteiger charge is -2.15. The van der Waals surface area contributed by atoms with Gasteiger partial charge in [-0.2, -0.15) is 5.26 Å². The molecule has 0 radical (unpaired) electrons. The first kappa shape index (κ1) is 23.1. The van der Waals surface area contributed by atoms with Crippen LogP contribution in [-0.4, -0.2) is 24.6 Å². The van der Waals surface area contributed by atoms with Gasteiger partial charge in [-0.1, -0.05) is 6.92 Å². The van der Waals surface area contributed by atoms with Gasteiger partial charge in [0.1, 0.15) is 17.4 Å². The van der Waals surface area contributed by atoms with E-state index >= 15 is 0 Å². The van der Waals surface area contributed by atoms with Crippen molar-refractivity contribution in [2.45, 2.75) is 20.3 Å². The minimum Gasteiger partial charge on any atom is -0.493 e. The molecule has 2 aromatic carbocycles. The van der Waals surface area contributed by atoms with Crippen LogP contribution in [0.15, 0.2) is 53.1 Å². The second-order valence-electron chi connectivity index (χ2n) is 6.84. The van der Waals surface area contributed by atoms with Crippen molar-refractivity contribution in [2.24, 2.45) is 0 Å². The molecule has 0 unspecified atom stereocenters. The normalized spacial score (nSPS) is 10.2. The van der Waals surface area contributed by atoms with Gasteiger partial charge in [0.15, 0.2) is 11.5 Å². The standard InChI is InChI=1S/C24H22BrN3O4/c1-4-10-31-22-19(25)12-17(13-21(22)30-3)23(29)28-20-8-7-18(11-15(20)2)32-24-16(14-26)6-5-9-27-24/h5-9,11-13H,4,10H2,1-3H3,(H,28,29). The lowest BCUT2D eigenvalue weighted by atomic mass is 10.1. The third-order valence-electron chi connectivity index (χ3n) is 4.49. The van der Waals surface area contributed by atoms with E-state index in [1.807, 2.05) is 19.9 Å². The number of methoxy groups -OCH3 is 1. The van der Waals surface area contributed by atoms with Gasteiger partial charge in [-0.05, 0) is 77.3 Å². The molecule has 0 spiro atoms. The molecule has 0 aliphatic rings. The predicted octanol–water partition coefficient (Wildman–Crippen LogP) is 5.87. The van der Waals surface area contributed by atoms with Gasteiger partial charge in [0, 0.05) is 17.4 Å². The highest BCUT2D eigenvalue weighted by atomic mass is 79.9. The highest BCUT2D eigenvalue weighted by Gasteiger charge is 2.17. The number of hydrogen-bond donors (Lipinski definition) is 1. The fourth-order valence-electron chi connectivity index (χ4n) is 2.90. The molecule has 7 nitrogen and oxygen atoms in total. The van der Waals surface area contributed by atoms with Gasteiger partial charge in [-0.25, -0.2) is 4.98 Å². The lowest BCUT2D eigenvalue weighted by Crippen LogP contribution is -2.13. The van der Waals surface area contributed by atoms with E-state index in [0.29, 0.717) is 45.1 Å². The summed E-state index contributed by atoms with van der Waals surface area (Å²) in [5, 5.41) is 12.1. The number of aryl methyl sites for hydroxylation is 1. The smallest absolute Gasteiger partial charge is 0.255 e. The molecule has 1 amide bonds. The summed E-state index contributed by atoms with van der Waals surface area (Å²) in [5.74, 6) is 1.49. The molecule has 3 aromatic rings. The van der Waals surface area contributed by atoms with Crippen molar-refractivity contribution in [3.63, 3.8) is 0 Å². The Morgan fingerprint density at radius 3 is 2.75 bits per heavy atom. The molecule has 3 rings (SSSR count). The second-order valence-corrected chi connectivity index (χ2v) is 7.69. The number of carbonyl (C=O) groups is 1. The quantitative estimate of drug-likeness (QED) is 0.420. The molecular formula is C24H22BrN3O4. The molecule has 32 heavy (non-hydrogen) atoms. The van der Waals surface area contributed by atoms with Gasteiger partial charge in [-0.3, -0.25) is 4.79 Å². The Morgan fingerprint density at radius 2 is 2.06 bits per heavy atom. The Kier molecular flexibility index (Phi) is 7.68. The molecule has 8 heteroatoms. The van der Waals surface area contributed by atoms with Gasteiger partial charge in [0.25, 0.3) is 5.91 Å². The predicted molar refractivity (Wildman–Crippen MR) is 125 cm³/mol. The third-order valence-corrected chi connectivity index (χ3v) is 5.08. The minimum atomic E-state index is -0.292. The summed E-state index contributed by atoms with van der Waals surface area (Å²) in [6, 6.07) is 13.9. The summed E-state index contributed by atoms with van der Waals surface area (Å²) in [6.45, 7) is 4.41. The first-order valence-electron chi connectivity index (χ1n) is 9.92. The summed E-state index contributed by atoms with van der Waals surface area (Å²) in [6.07, 6.45) is 2.41. The monoisotopic (exact) mass is 495 g/mol. The Bertz CT molecular complexity index is 1170. The highest BCUT2D eigenvalue weighted by Crippen LogP contribution is 2.37. The maximum absolute atomic E-state index is 12.9. The average molecular weight is 496 g/mol. The van der Waals surface area contributed by atoms with E-state index in [-0.39, 0.29) is 11.8 Å².